The number of fused-ring (bicyclic) bond motifs is 5. The second kappa shape index (κ2) is 6.56. The first-order valence-corrected chi connectivity index (χ1v) is 10.1. The van der Waals surface area contributed by atoms with E-state index in [1.165, 1.54) is 11.8 Å². The van der Waals surface area contributed by atoms with E-state index >= 15 is 0 Å². The summed E-state index contributed by atoms with van der Waals surface area (Å²) in [5, 5.41) is 0.527. The zero-order valence-electron chi connectivity index (χ0n) is 14.7. The molecule has 0 radical (unpaired) electrons. The van der Waals surface area contributed by atoms with E-state index in [1.807, 2.05) is 45.9 Å². The van der Waals surface area contributed by atoms with Crippen molar-refractivity contribution in [3.05, 3.63) is 58.5 Å². The number of pyridine rings is 1. The fourth-order valence-electron chi connectivity index (χ4n) is 4.23. The van der Waals surface area contributed by atoms with Crippen LogP contribution < -0.4 is 5.56 Å². The second-order valence-electron chi connectivity index (χ2n) is 7.23. The Hall–Kier alpha value is -2.54. The fourth-order valence-corrected chi connectivity index (χ4v) is 4.97. The van der Waals surface area contributed by atoms with Gasteiger partial charge in [0.05, 0.1) is 5.75 Å². The van der Waals surface area contributed by atoms with Crippen molar-refractivity contribution >= 4 is 28.8 Å². The first kappa shape index (κ1) is 16.6. The number of carbonyl (C=O) groups excluding carboxylic acids is 1. The van der Waals surface area contributed by atoms with E-state index in [1.54, 1.807) is 6.07 Å². The third-order valence-electron chi connectivity index (χ3n) is 5.43. The molecular weight excluding hydrogens is 362 g/mol. The zero-order chi connectivity index (χ0) is 18.4. The maximum absolute atomic E-state index is 12.8. The van der Waals surface area contributed by atoms with Crippen LogP contribution in [0.2, 0.25) is 0 Å². The Labute approximate surface area is 160 Å². The highest BCUT2D eigenvalue weighted by molar-refractivity contribution is 7.99. The number of nitrogens with zero attached hydrogens (tertiary/aromatic N) is 3. The molecule has 2 aromatic heterocycles. The van der Waals surface area contributed by atoms with Gasteiger partial charge in [0, 0.05) is 37.3 Å². The van der Waals surface area contributed by atoms with Gasteiger partial charge in [-0.05, 0) is 30.5 Å². The highest BCUT2D eigenvalue weighted by atomic mass is 32.2. The number of thioether (sulfide) groups is 1. The van der Waals surface area contributed by atoms with Crippen molar-refractivity contribution in [1.82, 2.24) is 14.5 Å². The Morgan fingerprint density at radius 1 is 1.15 bits per heavy atom. The molecule has 2 atom stereocenters. The number of aromatic nitrogens is 2. The van der Waals surface area contributed by atoms with Crippen molar-refractivity contribution in [3.63, 3.8) is 0 Å². The molecule has 2 aliphatic rings. The van der Waals surface area contributed by atoms with Crippen molar-refractivity contribution in [2.24, 2.45) is 5.92 Å². The Morgan fingerprint density at radius 3 is 2.93 bits per heavy atom. The number of carbonyl (C=O) groups is 1. The number of hydrogen-bond acceptors (Lipinski definition) is 5. The summed E-state index contributed by atoms with van der Waals surface area (Å²) in [7, 11) is 0. The number of likely N-dealkylation sites (tertiary alicyclic amines) is 1. The van der Waals surface area contributed by atoms with Gasteiger partial charge in [-0.15, -0.1) is 0 Å². The number of rotatable bonds is 3. The summed E-state index contributed by atoms with van der Waals surface area (Å²) in [4.78, 5) is 31.2. The number of para-hydroxylation sites is 2. The van der Waals surface area contributed by atoms with Crippen LogP contribution in [0.3, 0.4) is 0 Å². The van der Waals surface area contributed by atoms with Gasteiger partial charge in [-0.2, -0.15) is 0 Å². The molecule has 1 amide bonds. The molecule has 0 N–H and O–H groups in total. The number of benzene rings is 1. The van der Waals surface area contributed by atoms with Crippen LogP contribution in [-0.4, -0.2) is 39.2 Å². The van der Waals surface area contributed by atoms with Gasteiger partial charge >= 0.3 is 0 Å². The SMILES string of the molecule is O=C(CSc1nc2ccccc2o1)N1C[C@@H]2C[C@@H](C1)c1cccc(=O)n1C2. The molecule has 7 heteroatoms. The van der Waals surface area contributed by atoms with Crippen molar-refractivity contribution in [1.29, 1.82) is 0 Å². The molecule has 0 spiro atoms. The molecule has 2 bridgehead atoms. The average molecular weight is 381 g/mol. The van der Waals surface area contributed by atoms with Crippen LogP contribution in [0, 0.1) is 5.92 Å². The lowest BCUT2D eigenvalue weighted by Crippen LogP contribution is -2.49. The van der Waals surface area contributed by atoms with Gasteiger partial charge in [0.15, 0.2) is 5.58 Å². The Kier molecular flexibility index (Phi) is 4.04. The number of piperidine rings is 1. The molecule has 1 saturated heterocycles. The third kappa shape index (κ3) is 3.06. The summed E-state index contributed by atoms with van der Waals surface area (Å²) in [6.45, 7) is 2.09. The second-order valence-corrected chi connectivity index (χ2v) is 8.16. The fraction of sp³-hybridized carbons (Fsp3) is 0.350. The number of amides is 1. The van der Waals surface area contributed by atoms with E-state index in [-0.39, 0.29) is 17.4 Å². The van der Waals surface area contributed by atoms with Crippen molar-refractivity contribution in [3.8, 4) is 0 Å². The molecule has 5 rings (SSSR count). The largest absolute Gasteiger partial charge is 0.431 e. The highest BCUT2D eigenvalue weighted by Gasteiger charge is 2.36. The predicted octanol–water partition coefficient (Wildman–Crippen LogP) is 2.73. The van der Waals surface area contributed by atoms with E-state index in [9.17, 15) is 9.59 Å². The minimum absolute atomic E-state index is 0.0634. The topological polar surface area (TPSA) is 68.3 Å². The van der Waals surface area contributed by atoms with Crippen molar-refractivity contribution in [2.75, 3.05) is 18.8 Å². The average Bonchev–Trinajstić information content (AvgIpc) is 3.10. The minimum Gasteiger partial charge on any atom is -0.431 e. The molecule has 0 aliphatic carbocycles. The van der Waals surface area contributed by atoms with Crippen molar-refractivity contribution in [2.45, 2.75) is 24.1 Å². The molecule has 0 unspecified atom stereocenters. The van der Waals surface area contributed by atoms with Gasteiger partial charge in [-0.3, -0.25) is 9.59 Å². The molecule has 4 heterocycles. The van der Waals surface area contributed by atoms with Gasteiger partial charge in [0.1, 0.15) is 5.52 Å². The summed E-state index contributed by atoms with van der Waals surface area (Å²) < 4.78 is 7.57. The van der Waals surface area contributed by atoms with Gasteiger partial charge in [-0.1, -0.05) is 30.0 Å². The van der Waals surface area contributed by atoms with Crippen LogP contribution in [0.4, 0.5) is 0 Å². The van der Waals surface area contributed by atoms with Gasteiger partial charge in [0.25, 0.3) is 10.8 Å². The molecule has 3 aromatic rings. The third-order valence-corrected chi connectivity index (χ3v) is 6.24. The van der Waals surface area contributed by atoms with E-state index in [0.29, 0.717) is 36.5 Å². The summed E-state index contributed by atoms with van der Waals surface area (Å²) in [6, 6.07) is 13.0. The Morgan fingerprint density at radius 2 is 2.04 bits per heavy atom. The quantitative estimate of drug-likeness (QED) is 0.653. The van der Waals surface area contributed by atoms with E-state index in [0.717, 1.165) is 23.2 Å². The zero-order valence-corrected chi connectivity index (χ0v) is 15.5. The maximum atomic E-state index is 12.8. The van der Waals surface area contributed by atoms with E-state index in [4.69, 9.17) is 4.42 Å². The molecule has 138 valence electrons. The summed E-state index contributed by atoms with van der Waals surface area (Å²) in [6.07, 6.45) is 1.05. The molecule has 6 nitrogen and oxygen atoms in total. The Balaban J connectivity index is 1.28. The van der Waals surface area contributed by atoms with Crippen LogP contribution in [0.15, 0.2) is 56.9 Å². The number of hydrogen-bond donors (Lipinski definition) is 0. The van der Waals surface area contributed by atoms with Crippen LogP contribution in [0.5, 0.6) is 0 Å². The van der Waals surface area contributed by atoms with Crippen molar-refractivity contribution < 1.29 is 9.21 Å². The minimum atomic E-state index is 0.0634. The Bertz CT molecular complexity index is 1040. The smallest absolute Gasteiger partial charge is 0.257 e. The number of oxazole rings is 1. The lowest BCUT2D eigenvalue weighted by molar-refractivity contribution is -0.131. The highest BCUT2D eigenvalue weighted by Crippen LogP contribution is 2.35. The summed E-state index contributed by atoms with van der Waals surface area (Å²) >= 11 is 1.34. The van der Waals surface area contributed by atoms with Gasteiger partial charge < -0.3 is 13.9 Å². The maximum Gasteiger partial charge on any atom is 0.257 e. The molecule has 1 fully saturated rings. The van der Waals surface area contributed by atoms with Gasteiger partial charge in [0.2, 0.25) is 5.91 Å². The lowest BCUT2D eigenvalue weighted by atomic mass is 9.83. The summed E-state index contributed by atoms with van der Waals surface area (Å²) in [5.41, 5.74) is 2.67. The van der Waals surface area contributed by atoms with Crippen LogP contribution in [0.25, 0.3) is 11.1 Å². The van der Waals surface area contributed by atoms with Crippen LogP contribution in [0.1, 0.15) is 18.0 Å². The van der Waals surface area contributed by atoms with Crippen LogP contribution >= 0.6 is 11.8 Å². The normalized spacial score (nSPS) is 21.3. The summed E-state index contributed by atoms with van der Waals surface area (Å²) in [5.74, 6) is 0.997. The molecule has 1 aromatic carbocycles. The van der Waals surface area contributed by atoms with Gasteiger partial charge in [-0.25, -0.2) is 4.98 Å². The first-order valence-electron chi connectivity index (χ1n) is 9.13. The van der Waals surface area contributed by atoms with E-state index < -0.39 is 0 Å². The molecular formula is C20H19N3O3S. The molecule has 27 heavy (non-hydrogen) atoms. The first-order chi connectivity index (χ1) is 13.2. The van der Waals surface area contributed by atoms with E-state index in [2.05, 4.69) is 4.98 Å². The van der Waals surface area contributed by atoms with Crippen LogP contribution in [-0.2, 0) is 11.3 Å². The molecule has 0 saturated carbocycles. The predicted molar refractivity (Wildman–Crippen MR) is 103 cm³/mol. The molecule has 2 aliphatic heterocycles. The lowest BCUT2D eigenvalue weighted by Gasteiger charge is -2.42. The standard InChI is InChI=1S/C20H19N3O3S/c24-18-7-3-5-16-14-8-13(10-23(16)18)9-22(11-14)19(25)12-27-20-21-15-4-1-2-6-17(15)26-20/h1-7,13-14H,8-12H2/t13-,14-/m0/s1. The monoisotopic (exact) mass is 381 g/mol.